The van der Waals surface area contributed by atoms with Crippen LogP contribution in [0.3, 0.4) is 0 Å². The molecule has 1 saturated heterocycles. The molecule has 1 aromatic rings. The Morgan fingerprint density at radius 3 is 1.97 bits per heavy atom. The summed E-state index contributed by atoms with van der Waals surface area (Å²) in [4.78, 5) is 69.8. The molecule has 0 saturated carbocycles. The molecule has 4 amide bonds. The molecule has 15 nitrogen and oxygen atoms in total. The van der Waals surface area contributed by atoms with Gasteiger partial charge in [0.15, 0.2) is 0 Å². The van der Waals surface area contributed by atoms with Crippen LogP contribution in [0.25, 0.3) is 0 Å². The standard InChI is InChI=1S/C21H29N5O10/c27-17(13-34-9-7-33-6-4-25-21(31)16-11-22-15-23-12-16)24-3-5-32-8-10-35-14-20(30)36-26-18(28)1-2-19(26)29/h11-12,15H,1-10,13-14H2,(H,24,27)(H,25,31). The zero-order chi connectivity index (χ0) is 26.0. The van der Waals surface area contributed by atoms with Gasteiger partial charge in [0.2, 0.25) is 5.91 Å². The Balaban J connectivity index is 1.32. The number of aromatic nitrogens is 2. The van der Waals surface area contributed by atoms with E-state index in [1.807, 2.05) is 0 Å². The molecule has 0 aromatic carbocycles. The smallest absolute Gasteiger partial charge is 0.358 e. The summed E-state index contributed by atoms with van der Waals surface area (Å²) in [6.45, 7) is 1.22. The average molecular weight is 511 g/mol. The summed E-state index contributed by atoms with van der Waals surface area (Å²) in [5.41, 5.74) is 0.361. The van der Waals surface area contributed by atoms with Crippen molar-refractivity contribution in [3.05, 3.63) is 24.3 Å². The highest BCUT2D eigenvalue weighted by Gasteiger charge is 2.32. The van der Waals surface area contributed by atoms with Crippen molar-refractivity contribution >= 4 is 29.6 Å². The number of hydrogen-bond acceptors (Lipinski definition) is 12. The van der Waals surface area contributed by atoms with Crippen LogP contribution in [-0.2, 0) is 43.0 Å². The normalized spacial score (nSPS) is 13.1. The van der Waals surface area contributed by atoms with Crippen molar-refractivity contribution in [1.82, 2.24) is 25.7 Å². The number of amides is 4. The van der Waals surface area contributed by atoms with E-state index in [2.05, 4.69) is 25.4 Å². The van der Waals surface area contributed by atoms with E-state index in [0.29, 0.717) is 17.2 Å². The van der Waals surface area contributed by atoms with Crippen LogP contribution < -0.4 is 10.6 Å². The molecule has 36 heavy (non-hydrogen) atoms. The van der Waals surface area contributed by atoms with Crippen molar-refractivity contribution in [3.63, 3.8) is 0 Å². The third-order valence-corrected chi connectivity index (χ3v) is 4.32. The topological polar surface area (TPSA) is 185 Å². The maximum atomic E-state index is 11.8. The molecule has 2 N–H and O–H groups in total. The molecule has 1 aliphatic heterocycles. The molecule has 1 fully saturated rings. The third-order valence-electron chi connectivity index (χ3n) is 4.32. The van der Waals surface area contributed by atoms with E-state index in [1.165, 1.54) is 18.7 Å². The molecule has 0 spiro atoms. The predicted octanol–water partition coefficient (Wildman–Crippen LogP) is -2.00. The molecule has 0 atom stereocenters. The lowest BCUT2D eigenvalue weighted by atomic mass is 10.3. The highest BCUT2D eigenvalue weighted by molar-refractivity contribution is 6.01. The number of nitrogens with one attached hydrogen (secondary N) is 2. The van der Waals surface area contributed by atoms with Crippen molar-refractivity contribution in [2.45, 2.75) is 12.8 Å². The summed E-state index contributed by atoms with van der Waals surface area (Å²) in [6.07, 6.45) is 4.21. The Kier molecular flexibility index (Phi) is 13.5. The van der Waals surface area contributed by atoms with Gasteiger partial charge in [-0.25, -0.2) is 14.8 Å². The molecule has 0 aliphatic carbocycles. The van der Waals surface area contributed by atoms with Crippen LogP contribution in [0.1, 0.15) is 23.2 Å². The van der Waals surface area contributed by atoms with Crippen molar-refractivity contribution in [3.8, 4) is 0 Å². The Morgan fingerprint density at radius 1 is 0.778 bits per heavy atom. The molecule has 1 aromatic heterocycles. The van der Waals surface area contributed by atoms with E-state index < -0.39 is 24.4 Å². The van der Waals surface area contributed by atoms with Crippen molar-refractivity contribution < 1.29 is 47.8 Å². The van der Waals surface area contributed by atoms with Crippen LogP contribution in [0.2, 0.25) is 0 Å². The van der Waals surface area contributed by atoms with Gasteiger partial charge < -0.3 is 34.4 Å². The maximum Gasteiger partial charge on any atom is 0.358 e. The second-order valence-corrected chi connectivity index (χ2v) is 7.11. The molecule has 15 heteroatoms. The zero-order valence-electron chi connectivity index (χ0n) is 19.6. The Labute approximate surface area is 206 Å². The number of carbonyl (C=O) groups is 5. The molecule has 1 aliphatic rings. The van der Waals surface area contributed by atoms with Crippen molar-refractivity contribution in [1.29, 1.82) is 0 Å². The first-order chi connectivity index (χ1) is 17.5. The summed E-state index contributed by atoms with van der Waals surface area (Å²) in [5, 5.41) is 5.72. The molecule has 198 valence electrons. The van der Waals surface area contributed by atoms with Gasteiger partial charge in [-0.3, -0.25) is 19.2 Å². The van der Waals surface area contributed by atoms with Crippen molar-refractivity contribution in [2.24, 2.45) is 0 Å². The molecule has 0 radical (unpaired) electrons. The SMILES string of the molecule is O=C(COCCOCCNC(=O)c1cncnc1)NCCOCCOCC(=O)ON1C(=O)CCC1=O. The van der Waals surface area contributed by atoms with Gasteiger partial charge in [-0.15, -0.1) is 5.06 Å². The molecule has 2 heterocycles. The largest absolute Gasteiger partial charge is 0.377 e. The van der Waals surface area contributed by atoms with Crippen LogP contribution in [0.15, 0.2) is 18.7 Å². The number of nitrogens with zero attached hydrogens (tertiary/aromatic N) is 3. The fourth-order valence-electron chi connectivity index (χ4n) is 2.62. The lowest BCUT2D eigenvalue weighted by Crippen LogP contribution is -2.33. The van der Waals surface area contributed by atoms with E-state index in [9.17, 15) is 24.0 Å². The lowest BCUT2D eigenvalue weighted by molar-refractivity contribution is -0.200. The van der Waals surface area contributed by atoms with E-state index in [-0.39, 0.29) is 77.4 Å². The van der Waals surface area contributed by atoms with E-state index in [1.54, 1.807) is 0 Å². The van der Waals surface area contributed by atoms with Gasteiger partial charge in [-0.05, 0) is 0 Å². The number of carbonyl (C=O) groups excluding carboxylic acids is 5. The van der Waals surface area contributed by atoms with Crippen LogP contribution in [0.4, 0.5) is 0 Å². The third kappa shape index (κ3) is 11.7. The minimum Gasteiger partial charge on any atom is -0.377 e. The highest BCUT2D eigenvalue weighted by Crippen LogP contribution is 2.11. The molecular weight excluding hydrogens is 482 g/mol. The Morgan fingerprint density at radius 2 is 1.33 bits per heavy atom. The Bertz CT molecular complexity index is 854. The van der Waals surface area contributed by atoms with E-state index >= 15 is 0 Å². The van der Waals surface area contributed by atoms with Crippen LogP contribution >= 0.6 is 0 Å². The van der Waals surface area contributed by atoms with Crippen molar-refractivity contribution in [2.75, 3.05) is 65.9 Å². The predicted molar refractivity (Wildman–Crippen MR) is 118 cm³/mol. The molecule has 0 bridgehead atoms. The summed E-state index contributed by atoms with van der Waals surface area (Å²) < 4.78 is 20.8. The summed E-state index contributed by atoms with van der Waals surface area (Å²) in [7, 11) is 0. The van der Waals surface area contributed by atoms with Gasteiger partial charge in [-0.2, -0.15) is 0 Å². The van der Waals surface area contributed by atoms with Gasteiger partial charge in [0, 0.05) is 38.3 Å². The molecule has 0 unspecified atom stereocenters. The van der Waals surface area contributed by atoms with Crippen LogP contribution in [-0.4, -0.2) is 111 Å². The first-order valence-corrected chi connectivity index (χ1v) is 11.1. The van der Waals surface area contributed by atoms with E-state index in [4.69, 9.17) is 18.9 Å². The lowest BCUT2D eigenvalue weighted by Gasteiger charge is -2.12. The fraction of sp³-hybridized carbons (Fsp3) is 0.571. The van der Waals surface area contributed by atoms with Gasteiger partial charge in [0.05, 0.1) is 45.2 Å². The quantitative estimate of drug-likeness (QED) is 0.163. The fourth-order valence-corrected chi connectivity index (χ4v) is 2.62. The molecular formula is C21H29N5O10. The van der Waals surface area contributed by atoms with E-state index in [0.717, 1.165) is 0 Å². The van der Waals surface area contributed by atoms with Gasteiger partial charge in [0.1, 0.15) is 19.5 Å². The summed E-state index contributed by atoms with van der Waals surface area (Å²) in [5.74, 6) is -2.59. The molecule has 2 rings (SSSR count). The Hall–Kier alpha value is -3.53. The van der Waals surface area contributed by atoms with Gasteiger partial charge in [-0.1, -0.05) is 0 Å². The maximum absolute atomic E-state index is 11.8. The average Bonchev–Trinajstić information content (AvgIpc) is 3.19. The van der Waals surface area contributed by atoms with Crippen LogP contribution in [0, 0.1) is 0 Å². The number of hydrogen-bond donors (Lipinski definition) is 2. The minimum absolute atomic E-state index is 0.0206. The monoisotopic (exact) mass is 511 g/mol. The number of hydroxylamine groups is 2. The number of imide groups is 1. The number of rotatable bonds is 18. The highest BCUT2D eigenvalue weighted by atomic mass is 16.7. The van der Waals surface area contributed by atoms with Crippen LogP contribution in [0.5, 0.6) is 0 Å². The second-order valence-electron chi connectivity index (χ2n) is 7.11. The number of ether oxygens (including phenoxy) is 4. The minimum atomic E-state index is -0.860. The zero-order valence-corrected chi connectivity index (χ0v) is 19.6. The first-order valence-electron chi connectivity index (χ1n) is 11.1. The second kappa shape index (κ2) is 17.0. The van der Waals surface area contributed by atoms with Gasteiger partial charge >= 0.3 is 5.97 Å². The first kappa shape index (κ1) is 28.7. The summed E-state index contributed by atoms with van der Waals surface area (Å²) in [6, 6.07) is 0. The van der Waals surface area contributed by atoms with Gasteiger partial charge in [0.25, 0.3) is 17.7 Å². The summed E-state index contributed by atoms with van der Waals surface area (Å²) >= 11 is 0.